The van der Waals surface area contributed by atoms with Gasteiger partial charge in [-0.2, -0.15) is 4.80 Å². The Hall–Kier alpha value is -2.36. The summed E-state index contributed by atoms with van der Waals surface area (Å²) in [5.41, 5.74) is 1.34. The van der Waals surface area contributed by atoms with E-state index in [1.54, 1.807) is 24.3 Å². The Labute approximate surface area is 147 Å². The van der Waals surface area contributed by atoms with E-state index < -0.39 is 5.82 Å². The molecule has 0 unspecified atom stereocenters. The van der Waals surface area contributed by atoms with Gasteiger partial charge in [-0.3, -0.25) is 4.72 Å². The van der Waals surface area contributed by atoms with Gasteiger partial charge in [-0.1, -0.05) is 12.1 Å². The van der Waals surface area contributed by atoms with Crippen molar-refractivity contribution in [2.75, 3.05) is 13.2 Å². The second-order valence-electron chi connectivity index (χ2n) is 5.14. The Kier molecular flexibility index (Phi) is 5.69. The van der Waals surface area contributed by atoms with E-state index in [2.05, 4.69) is 20.1 Å². The van der Waals surface area contributed by atoms with Crippen LogP contribution in [0.2, 0.25) is 0 Å². The maximum Gasteiger partial charge on any atom is 0.205 e. The van der Waals surface area contributed by atoms with Gasteiger partial charge in [-0.15, -0.1) is 10.2 Å². The summed E-state index contributed by atoms with van der Waals surface area (Å²) in [4.78, 5) is 1.78. The van der Waals surface area contributed by atoms with Crippen molar-refractivity contribution in [1.82, 2.24) is 24.9 Å². The quantitative estimate of drug-likeness (QED) is 0.495. The van der Waals surface area contributed by atoms with Crippen LogP contribution in [0.1, 0.15) is 5.56 Å². The summed E-state index contributed by atoms with van der Waals surface area (Å²) in [6.45, 7) is 0.688. The number of aromatic nitrogens is 4. The number of nitrogens with zero attached hydrogens (tertiary/aromatic N) is 4. The zero-order chi connectivity index (χ0) is 17.6. The summed E-state index contributed by atoms with van der Waals surface area (Å²) < 4.78 is 29.9. The van der Waals surface area contributed by atoms with E-state index in [0.29, 0.717) is 29.4 Å². The molecule has 0 atom stereocenters. The standard InChI is InChI=1S/C16H15F2N5OS/c17-13-4-1-11(2-5-13)10-23-21-16(20-22-23)12-3-6-15(14(18)9-12)25-19-7-8-24/h1-6,9,19,24H,7-8,10H2. The molecule has 0 aliphatic rings. The van der Waals surface area contributed by atoms with Gasteiger partial charge in [-0.25, -0.2) is 8.78 Å². The molecule has 0 saturated heterocycles. The molecule has 0 aliphatic carbocycles. The summed E-state index contributed by atoms with van der Waals surface area (Å²) in [6.07, 6.45) is 0. The highest BCUT2D eigenvalue weighted by Gasteiger charge is 2.10. The van der Waals surface area contributed by atoms with Crippen LogP contribution < -0.4 is 4.72 Å². The summed E-state index contributed by atoms with van der Waals surface area (Å²) >= 11 is 1.11. The molecule has 9 heteroatoms. The van der Waals surface area contributed by atoms with Crippen molar-refractivity contribution in [2.45, 2.75) is 11.4 Å². The molecule has 6 nitrogen and oxygen atoms in total. The van der Waals surface area contributed by atoms with Gasteiger partial charge in [0.1, 0.15) is 11.6 Å². The Morgan fingerprint density at radius 3 is 2.64 bits per heavy atom. The van der Waals surface area contributed by atoms with E-state index in [-0.39, 0.29) is 12.4 Å². The molecule has 130 valence electrons. The highest BCUT2D eigenvalue weighted by atomic mass is 32.2. The van der Waals surface area contributed by atoms with E-state index in [9.17, 15) is 8.78 Å². The van der Waals surface area contributed by atoms with Crippen molar-refractivity contribution >= 4 is 11.9 Å². The fourth-order valence-corrected chi connectivity index (χ4v) is 2.72. The van der Waals surface area contributed by atoms with Gasteiger partial charge in [0.05, 0.1) is 18.0 Å². The summed E-state index contributed by atoms with van der Waals surface area (Å²) in [6, 6.07) is 10.7. The van der Waals surface area contributed by atoms with Gasteiger partial charge in [0.15, 0.2) is 0 Å². The van der Waals surface area contributed by atoms with Crippen LogP contribution in [0.4, 0.5) is 8.78 Å². The van der Waals surface area contributed by atoms with Crippen LogP contribution in [0.15, 0.2) is 47.4 Å². The minimum absolute atomic E-state index is 0.0201. The molecule has 0 saturated carbocycles. The molecule has 1 aromatic heterocycles. The lowest BCUT2D eigenvalue weighted by Gasteiger charge is -2.04. The molecule has 0 amide bonds. The Bertz CT molecular complexity index is 841. The monoisotopic (exact) mass is 363 g/mol. The summed E-state index contributed by atoms with van der Waals surface area (Å²) in [7, 11) is 0. The number of rotatable bonds is 7. The number of tetrazole rings is 1. The number of hydrogen-bond donors (Lipinski definition) is 2. The highest BCUT2D eigenvalue weighted by Crippen LogP contribution is 2.24. The molecule has 0 aliphatic heterocycles. The topological polar surface area (TPSA) is 75.9 Å². The third-order valence-corrected chi connectivity index (χ3v) is 4.18. The van der Waals surface area contributed by atoms with Crippen LogP contribution in [-0.2, 0) is 6.54 Å². The van der Waals surface area contributed by atoms with Gasteiger partial charge in [-0.05, 0) is 53.1 Å². The van der Waals surface area contributed by atoms with E-state index in [1.807, 2.05) is 0 Å². The summed E-state index contributed by atoms with van der Waals surface area (Å²) in [5, 5.41) is 20.8. The first kappa shape index (κ1) is 17.5. The van der Waals surface area contributed by atoms with Crippen molar-refractivity contribution in [1.29, 1.82) is 0 Å². The average molecular weight is 363 g/mol. The Morgan fingerprint density at radius 1 is 1.12 bits per heavy atom. The van der Waals surface area contributed by atoms with Gasteiger partial charge in [0, 0.05) is 12.1 Å². The average Bonchev–Trinajstić information content (AvgIpc) is 3.07. The number of halogens is 2. The molecule has 3 rings (SSSR count). The number of hydrogen-bond acceptors (Lipinski definition) is 6. The Balaban J connectivity index is 1.71. The SMILES string of the molecule is OCCNSc1ccc(-c2nnn(Cc3ccc(F)cc3)n2)cc1F. The number of nitrogens with one attached hydrogen (secondary N) is 1. The molecule has 0 fully saturated rings. The van der Waals surface area contributed by atoms with E-state index in [1.165, 1.54) is 23.0 Å². The van der Waals surface area contributed by atoms with Gasteiger partial charge in [0.25, 0.3) is 0 Å². The third kappa shape index (κ3) is 4.59. The fraction of sp³-hybridized carbons (Fsp3) is 0.188. The van der Waals surface area contributed by atoms with Crippen molar-refractivity contribution in [3.05, 3.63) is 59.7 Å². The van der Waals surface area contributed by atoms with Crippen molar-refractivity contribution < 1.29 is 13.9 Å². The predicted molar refractivity (Wildman–Crippen MR) is 89.7 cm³/mol. The van der Waals surface area contributed by atoms with Crippen LogP contribution in [0.3, 0.4) is 0 Å². The minimum atomic E-state index is -0.414. The van der Waals surface area contributed by atoms with Crippen LogP contribution >= 0.6 is 11.9 Å². The lowest BCUT2D eigenvalue weighted by atomic mass is 10.2. The van der Waals surface area contributed by atoms with Crippen LogP contribution in [-0.4, -0.2) is 38.5 Å². The zero-order valence-corrected chi connectivity index (χ0v) is 13.9. The molecule has 3 aromatic rings. The largest absolute Gasteiger partial charge is 0.395 e. The van der Waals surface area contributed by atoms with Crippen LogP contribution in [0, 0.1) is 11.6 Å². The summed E-state index contributed by atoms with van der Waals surface area (Å²) in [5.74, 6) is -0.415. The molecule has 2 N–H and O–H groups in total. The maximum absolute atomic E-state index is 14.1. The number of aliphatic hydroxyl groups is 1. The maximum atomic E-state index is 14.1. The molecule has 0 bridgehead atoms. The molecule has 2 aromatic carbocycles. The minimum Gasteiger partial charge on any atom is -0.395 e. The molecular formula is C16H15F2N5OS. The van der Waals surface area contributed by atoms with Crippen molar-refractivity contribution in [3.63, 3.8) is 0 Å². The lowest BCUT2D eigenvalue weighted by molar-refractivity contribution is 0.302. The Morgan fingerprint density at radius 2 is 1.92 bits per heavy atom. The van der Waals surface area contributed by atoms with Gasteiger partial charge < -0.3 is 5.11 Å². The second-order valence-corrected chi connectivity index (χ2v) is 6.07. The first-order chi connectivity index (χ1) is 12.2. The first-order valence-electron chi connectivity index (χ1n) is 7.48. The smallest absolute Gasteiger partial charge is 0.205 e. The number of aliphatic hydroxyl groups excluding tert-OH is 1. The fourth-order valence-electron chi connectivity index (χ4n) is 2.08. The van der Waals surface area contributed by atoms with Gasteiger partial charge in [0.2, 0.25) is 5.82 Å². The lowest BCUT2D eigenvalue weighted by Crippen LogP contribution is -2.09. The third-order valence-electron chi connectivity index (χ3n) is 3.28. The molecule has 0 radical (unpaired) electrons. The van der Waals surface area contributed by atoms with Crippen LogP contribution in [0.5, 0.6) is 0 Å². The van der Waals surface area contributed by atoms with Crippen LogP contribution in [0.25, 0.3) is 11.4 Å². The zero-order valence-electron chi connectivity index (χ0n) is 13.1. The second kappa shape index (κ2) is 8.15. The normalized spacial score (nSPS) is 11.0. The van der Waals surface area contributed by atoms with E-state index in [4.69, 9.17) is 5.11 Å². The molecule has 25 heavy (non-hydrogen) atoms. The number of benzene rings is 2. The first-order valence-corrected chi connectivity index (χ1v) is 8.30. The van der Waals surface area contributed by atoms with E-state index >= 15 is 0 Å². The van der Waals surface area contributed by atoms with E-state index in [0.717, 1.165) is 17.5 Å². The van der Waals surface area contributed by atoms with Gasteiger partial charge >= 0.3 is 0 Å². The highest BCUT2D eigenvalue weighted by molar-refractivity contribution is 7.97. The predicted octanol–water partition coefficient (Wildman–Crippen LogP) is 2.26. The van der Waals surface area contributed by atoms with Crippen molar-refractivity contribution in [3.8, 4) is 11.4 Å². The molecule has 1 heterocycles. The molecule has 0 spiro atoms. The molecular weight excluding hydrogens is 348 g/mol. The van der Waals surface area contributed by atoms with Crippen molar-refractivity contribution in [2.24, 2.45) is 0 Å².